The summed E-state index contributed by atoms with van der Waals surface area (Å²) in [5.41, 5.74) is 6.15. The van der Waals surface area contributed by atoms with E-state index in [2.05, 4.69) is 10.4 Å². The number of rotatable bonds is 5. The molecule has 1 rings (SSSR count). The number of nitrogens with two attached hydrogens (primary N) is 1. The molecule has 1 unspecified atom stereocenters. The predicted molar refractivity (Wildman–Crippen MR) is 62.9 cm³/mol. The van der Waals surface area contributed by atoms with Gasteiger partial charge in [-0.25, -0.2) is 0 Å². The van der Waals surface area contributed by atoms with Crippen molar-refractivity contribution in [2.75, 3.05) is 6.54 Å². The van der Waals surface area contributed by atoms with E-state index in [1.807, 2.05) is 20.0 Å². The summed E-state index contributed by atoms with van der Waals surface area (Å²) in [4.78, 5) is 11.6. The molecule has 3 N–H and O–H groups in total. The molecule has 1 aromatic heterocycles. The van der Waals surface area contributed by atoms with Gasteiger partial charge < -0.3 is 11.1 Å². The fourth-order valence-corrected chi connectivity index (χ4v) is 1.24. The topological polar surface area (TPSA) is 72.9 Å². The van der Waals surface area contributed by atoms with Crippen molar-refractivity contribution in [3.63, 3.8) is 0 Å². The van der Waals surface area contributed by atoms with Gasteiger partial charge >= 0.3 is 0 Å². The lowest BCUT2D eigenvalue weighted by Gasteiger charge is -2.21. The molecule has 0 spiro atoms. The van der Waals surface area contributed by atoms with Crippen LogP contribution in [-0.4, -0.2) is 27.8 Å². The van der Waals surface area contributed by atoms with Crippen molar-refractivity contribution < 1.29 is 4.79 Å². The summed E-state index contributed by atoms with van der Waals surface area (Å²) in [6, 6.07) is 0. The third-order valence-corrected chi connectivity index (χ3v) is 2.64. The Hall–Kier alpha value is -1.36. The van der Waals surface area contributed by atoms with Gasteiger partial charge in [-0.3, -0.25) is 9.48 Å². The summed E-state index contributed by atoms with van der Waals surface area (Å²) in [6.45, 7) is 6.83. The molecule has 0 aliphatic carbocycles. The Kier molecular flexibility index (Phi) is 4.06. The average molecular weight is 224 g/mol. The van der Waals surface area contributed by atoms with Gasteiger partial charge in [0.15, 0.2) is 0 Å². The third-order valence-electron chi connectivity index (χ3n) is 2.64. The number of nitrogens with zero attached hydrogens (tertiary/aromatic N) is 2. The molecule has 0 aliphatic rings. The van der Waals surface area contributed by atoms with Gasteiger partial charge in [0.1, 0.15) is 0 Å². The number of nitrogens with one attached hydrogen (secondary N) is 1. The van der Waals surface area contributed by atoms with Crippen LogP contribution in [0.3, 0.4) is 0 Å². The Bertz CT molecular complexity index is 357. The first kappa shape index (κ1) is 12.7. The van der Waals surface area contributed by atoms with E-state index in [0.717, 1.165) is 5.56 Å². The second kappa shape index (κ2) is 5.12. The minimum atomic E-state index is -0.778. The highest BCUT2D eigenvalue weighted by Crippen LogP contribution is 2.03. The number of aromatic nitrogens is 2. The van der Waals surface area contributed by atoms with Gasteiger partial charge in [0.2, 0.25) is 5.91 Å². The van der Waals surface area contributed by atoms with Crippen molar-refractivity contribution in [2.24, 2.45) is 5.73 Å². The lowest BCUT2D eigenvalue weighted by Crippen LogP contribution is -2.51. The Balaban J connectivity index is 2.33. The molecule has 1 heterocycles. The Labute approximate surface area is 96.0 Å². The number of hydrogen-bond acceptors (Lipinski definition) is 3. The fourth-order valence-electron chi connectivity index (χ4n) is 1.24. The molecule has 5 nitrogen and oxygen atoms in total. The smallest absolute Gasteiger partial charge is 0.239 e. The molecular formula is C11H20N4O. The Morgan fingerprint density at radius 3 is 2.88 bits per heavy atom. The molecule has 0 radical (unpaired) electrons. The Morgan fingerprint density at radius 2 is 2.38 bits per heavy atom. The summed E-state index contributed by atoms with van der Waals surface area (Å²) >= 11 is 0. The molecule has 0 saturated heterocycles. The van der Waals surface area contributed by atoms with Crippen LogP contribution in [0.4, 0.5) is 0 Å². The van der Waals surface area contributed by atoms with Crippen molar-refractivity contribution in [1.82, 2.24) is 15.1 Å². The van der Waals surface area contributed by atoms with Crippen LogP contribution in [0, 0.1) is 6.92 Å². The normalized spacial score (nSPS) is 14.5. The Morgan fingerprint density at radius 1 is 1.69 bits per heavy atom. The van der Waals surface area contributed by atoms with Crippen molar-refractivity contribution in [3.05, 3.63) is 18.0 Å². The van der Waals surface area contributed by atoms with E-state index in [-0.39, 0.29) is 5.91 Å². The number of amides is 1. The molecule has 1 aromatic rings. The van der Waals surface area contributed by atoms with E-state index >= 15 is 0 Å². The molecule has 0 fully saturated rings. The zero-order chi connectivity index (χ0) is 12.2. The SMILES string of the molecule is CCC(C)(N)C(=O)NCCn1cc(C)cn1. The maximum atomic E-state index is 11.6. The zero-order valence-corrected chi connectivity index (χ0v) is 10.2. The van der Waals surface area contributed by atoms with Crippen LogP contribution in [0.1, 0.15) is 25.8 Å². The molecule has 1 amide bonds. The maximum absolute atomic E-state index is 11.6. The van der Waals surface area contributed by atoms with Crippen LogP contribution in [0.25, 0.3) is 0 Å². The van der Waals surface area contributed by atoms with Crippen LogP contribution in [0.5, 0.6) is 0 Å². The minimum Gasteiger partial charge on any atom is -0.353 e. The summed E-state index contributed by atoms with van der Waals surface area (Å²) in [6.07, 6.45) is 4.36. The van der Waals surface area contributed by atoms with Crippen LogP contribution in [-0.2, 0) is 11.3 Å². The summed E-state index contributed by atoms with van der Waals surface area (Å²) in [5.74, 6) is -0.112. The van der Waals surface area contributed by atoms with Gasteiger partial charge in [-0.2, -0.15) is 5.10 Å². The molecule has 1 atom stereocenters. The highest BCUT2D eigenvalue weighted by molar-refractivity contribution is 5.85. The van der Waals surface area contributed by atoms with E-state index in [0.29, 0.717) is 19.5 Å². The van der Waals surface area contributed by atoms with Crippen LogP contribution in [0.15, 0.2) is 12.4 Å². The van der Waals surface area contributed by atoms with E-state index in [1.54, 1.807) is 17.8 Å². The maximum Gasteiger partial charge on any atom is 0.239 e. The number of aryl methyl sites for hydroxylation is 1. The molecular weight excluding hydrogens is 204 g/mol. The minimum absolute atomic E-state index is 0.112. The highest BCUT2D eigenvalue weighted by atomic mass is 16.2. The van der Waals surface area contributed by atoms with Gasteiger partial charge in [0.05, 0.1) is 18.3 Å². The van der Waals surface area contributed by atoms with Crippen molar-refractivity contribution >= 4 is 5.91 Å². The van der Waals surface area contributed by atoms with Gasteiger partial charge in [0, 0.05) is 12.7 Å². The van der Waals surface area contributed by atoms with Crippen molar-refractivity contribution in [2.45, 2.75) is 39.3 Å². The fraction of sp³-hybridized carbons (Fsp3) is 0.636. The number of carbonyl (C=O) groups excluding carboxylic acids is 1. The molecule has 5 heteroatoms. The first-order chi connectivity index (χ1) is 7.45. The summed E-state index contributed by atoms with van der Waals surface area (Å²) in [5, 5.41) is 6.94. The highest BCUT2D eigenvalue weighted by Gasteiger charge is 2.25. The molecule has 0 aliphatic heterocycles. The number of hydrogen-bond donors (Lipinski definition) is 2. The first-order valence-electron chi connectivity index (χ1n) is 5.52. The molecule has 0 bridgehead atoms. The van der Waals surface area contributed by atoms with Gasteiger partial charge in [-0.1, -0.05) is 6.92 Å². The van der Waals surface area contributed by atoms with Crippen LogP contribution < -0.4 is 11.1 Å². The summed E-state index contributed by atoms with van der Waals surface area (Å²) < 4.78 is 1.80. The lowest BCUT2D eigenvalue weighted by atomic mass is 10.00. The lowest BCUT2D eigenvalue weighted by molar-refractivity contribution is -0.125. The molecule has 16 heavy (non-hydrogen) atoms. The van der Waals surface area contributed by atoms with E-state index in [1.165, 1.54) is 0 Å². The summed E-state index contributed by atoms with van der Waals surface area (Å²) in [7, 11) is 0. The zero-order valence-electron chi connectivity index (χ0n) is 10.2. The standard InChI is InChI=1S/C11H20N4O/c1-4-11(3,12)10(16)13-5-6-15-8-9(2)7-14-15/h7-8H,4-6,12H2,1-3H3,(H,13,16). The third kappa shape index (κ3) is 3.34. The first-order valence-corrected chi connectivity index (χ1v) is 5.52. The quantitative estimate of drug-likeness (QED) is 0.762. The number of carbonyl (C=O) groups is 1. The van der Waals surface area contributed by atoms with Crippen LogP contribution in [0.2, 0.25) is 0 Å². The average Bonchev–Trinajstić information content (AvgIpc) is 2.64. The molecule has 90 valence electrons. The van der Waals surface area contributed by atoms with Gasteiger partial charge in [0.25, 0.3) is 0 Å². The molecule has 0 saturated carbocycles. The molecule has 0 aromatic carbocycles. The largest absolute Gasteiger partial charge is 0.353 e. The predicted octanol–water partition coefficient (Wildman–Crippen LogP) is 0.435. The van der Waals surface area contributed by atoms with E-state index in [4.69, 9.17) is 5.73 Å². The second-order valence-electron chi connectivity index (χ2n) is 4.31. The van der Waals surface area contributed by atoms with Gasteiger partial charge in [-0.05, 0) is 25.8 Å². The monoisotopic (exact) mass is 224 g/mol. The van der Waals surface area contributed by atoms with E-state index in [9.17, 15) is 4.79 Å². The van der Waals surface area contributed by atoms with Gasteiger partial charge in [-0.15, -0.1) is 0 Å². The van der Waals surface area contributed by atoms with Crippen molar-refractivity contribution in [1.29, 1.82) is 0 Å². The van der Waals surface area contributed by atoms with E-state index < -0.39 is 5.54 Å². The second-order valence-corrected chi connectivity index (χ2v) is 4.31. The van der Waals surface area contributed by atoms with Crippen LogP contribution >= 0.6 is 0 Å². The van der Waals surface area contributed by atoms with Crippen molar-refractivity contribution in [3.8, 4) is 0 Å².